The summed E-state index contributed by atoms with van der Waals surface area (Å²) in [6, 6.07) is 5.48. The minimum absolute atomic E-state index is 0.0438. The van der Waals surface area contributed by atoms with Crippen molar-refractivity contribution in [3.8, 4) is 5.82 Å². The fourth-order valence-corrected chi connectivity index (χ4v) is 1.84. The maximum atomic E-state index is 11.5. The first kappa shape index (κ1) is 15.3. The van der Waals surface area contributed by atoms with Crippen molar-refractivity contribution >= 4 is 23.4 Å². The van der Waals surface area contributed by atoms with Gasteiger partial charge in [-0.1, -0.05) is 13.3 Å². The van der Waals surface area contributed by atoms with Crippen LogP contribution in [0.2, 0.25) is 5.28 Å². The third kappa shape index (κ3) is 4.75. The number of nitrogens with zero attached hydrogens (tertiary/aromatic N) is 3. The van der Waals surface area contributed by atoms with Gasteiger partial charge in [0.1, 0.15) is 18.2 Å². The molecule has 2 aromatic heterocycles. The van der Waals surface area contributed by atoms with E-state index >= 15 is 0 Å². The maximum absolute atomic E-state index is 11.5. The summed E-state index contributed by atoms with van der Waals surface area (Å²) >= 11 is 5.89. The second-order valence-corrected chi connectivity index (χ2v) is 4.74. The first-order valence-electron chi connectivity index (χ1n) is 6.76. The van der Waals surface area contributed by atoms with Crippen molar-refractivity contribution in [3.63, 3.8) is 0 Å². The molecule has 0 radical (unpaired) electrons. The number of hydrogen-bond acceptors (Lipinski definition) is 5. The van der Waals surface area contributed by atoms with Gasteiger partial charge >= 0.3 is 5.97 Å². The molecule has 0 aliphatic carbocycles. The Hall–Kier alpha value is -2.08. The Kier molecular flexibility index (Phi) is 5.57. The zero-order valence-corrected chi connectivity index (χ0v) is 12.5. The Morgan fingerprint density at radius 2 is 2.14 bits per heavy atom. The van der Waals surface area contributed by atoms with Gasteiger partial charge in [-0.15, -0.1) is 0 Å². The van der Waals surface area contributed by atoms with Gasteiger partial charge in [0, 0.05) is 18.5 Å². The van der Waals surface area contributed by atoms with Gasteiger partial charge in [-0.25, -0.2) is 4.98 Å². The molecule has 2 heterocycles. The first-order valence-corrected chi connectivity index (χ1v) is 7.14. The number of carbonyl (C=O) groups excluding carboxylic acids is 1. The molecule has 0 bridgehead atoms. The molecule has 0 fully saturated rings. The van der Waals surface area contributed by atoms with Crippen LogP contribution >= 0.6 is 11.6 Å². The van der Waals surface area contributed by atoms with Crippen LogP contribution < -0.4 is 5.32 Å². The fraction of sp³-hybridized carbons (Fsp3) is 0.357. The Bertz CT molecular complexity index is 587. The molecule has 112 valence electrons. The number of rotatable bonds is 7. The lowest BCUT2D eigenvalue weighted by Gasteiger charge is -2.08. The van der Waals surface area contributed by atoms with Crippen molar-refractivity contribution < 1.29 is 9.53 Å². The molecule has 0 amide bonds. The van der Waals surface area contributed by atoms with E-state index in [1.54, 1.807) is 10.6 Å². The van der Waals surface area contributed by atoms with Gasteiger partial charge in [0.05, 0.1) is 6.61 Å². The summed E-state index contributed by atoms with van der Waals surface area (Å²) in [6.07, 6.45) is 5.55. The van der Waals surface area contributed by atoms with Crippen LogP contribution in [0.4, 0.5) is 5.82 Å². The van der Waals surface area contributed by atoms with Crippen molar-refractivity contribution in [2.24, 2.45) is 0 Å². The molecule has 0 aliphatic heterocycles. The second-order valence-electron chi connectivity index (χ2n) is 4.40. The second kappa shape index (κ2) is 7.64. The lowest BCUT2D eigenvalue weighted by atomic mass is 10.4. The summed E-state index contributed by atoms with van der Waals surface area (Å²) < 4.78 is 6.86. The van der Waals surface area contributed by atoms with Crippen LogP contribution in [-0.2, 0) is 9.53 Å². The summed E-state index contributed by atoms with van der Waals surface area (Å²) in [5, 5.41) is 3.01. The topological polar surface area (TPSA) is 69.0 Å². The van der Waals surface area contributed by atoms with E-state index in [0.717, 1.165) is 12.8 Å². The molecule has 0 aromatic carbocycles. The van der Waals surface area contributed by atoms with E-state index in [9.17, 15) is 4.79 Å². The van der Waals surface area contributed by atoms with Crippen LogP contribution in [0.5, 0.6) is 0 Å². The van der Waals surface area contributed by atoms with Crippen LogP contribution in [-0.4, -0.2) is 33.7 Å². The SMILES string of the molecule is CCCCOC(=O)CNc1cc(-n2cccc2)nc(Cl)n1. The molecular weight excluding hydrogens is 292 g/mol. The maximum Gasteiger partial charge on any atom is 0.325 e. The van der Waals surface area contributed by atoms with E-state index in [0.29, 0.717) is 18.2 Å². The summed E-state index contributed by atoms with van der Waals surface area (Å²) in [7, 11) is 0. The summed E-state index contributed by atoms with van der Waals surface area (Å²) in [6.45, 7) is 2.52. The van der Waals surface area contributed by atoms with E-state index in [-0.39, 0.29) is 17.8 Å². The van der Waals surface area contributed by atoms with Gasteiger partial charge in [-0.05, 0) is 30.2 Å². The molecular formula is C14H17ClN4O2. The predicted molar refractivity (Wildman–Crippen MR) is 80.7 cm³/mol. The average Bonchev–Trinajstić information content (AvgIpc) is 2.99. The highest BCUT2D eigenvalue weighted by Gasteiger charge is 2.07. The van der Waals surface area contributed by atoms with Crippen molar-refractivity contribution in [2.45, 2.75) is 19.8 Å². The largest absolute Gasteiger partial charge is 0.464 e. The lowest BCUT2D eigenvalue weighted by molar-refractivity contribution is -0.141. The van der Waals surface area contributed by atoms with Gasteiger partial charge in [0.25, 0.3) is 0 Å². The number of nitrogens with one attached hydrogen (secondary N) is 1. The molecule has 7 heteroatoms. The van der Waals surface area contributed by atoms with E-state index < -0.39 is 0 Å². The number of anilines is 1. The van der Waals surface area contributed by atoms with Crippen molar-refractivity contribution in [2.75, 3.05) is 18.5 Å². The van der Waals surface area contributed by atoms with E-state index in [1.807, 2.05) is 31.5 Å². The monoisotopic (exact) mass is 308 g/mol. The van der Waals surface area contributed by atoms with Crippen LogP contribution in [0.15, 0.2) is 30.6 Å². The number of hydrogen-bond donors (Lipinski definition) is 1. The smallest absolute Gasteiger partial charge is 0.325 e. The minimum Gasteiger partial charge on any atom is -0.464 e. The van der Waals surface area contributed by atoms with Crippen molar-refractivity contribution in [1.29, 1.82) is 0 Å². The number of aromatic nitrogens is 3. The Labute approximate surface area is 128 Å². The highest BCUT2D eigenvalue weighted by molar-refractivity contribution is 6.28. The normalized spacial score (nSPS) is 10.4. The van der Waals surface area contributed by atoms with Crippen LogP contribution in [0.3, 0.4) is 0 Å². The molecule has 2 aromatic rings. The fourth-order valence-electron chi connectivity index (χ4n) is 1.66. The number of esters is 1. The van der Waals surface area contributed by atoms with Crippen LogP contribution in [0.25, 0.3) is 5.82 Å². The number of unbranched alkanes of at least 4 members (excludes halogenated alkanes) is 1. The van der Waals surface area contributed by atoms with Gasteiger partial charge < -0.3 is 14.6 Å². The third-order valence-electron chi connectivity index (χ3n) is 2.73. The average molecular weight is 309 g/mol. The zero-order valence-electron chi connectivity index (χ0n) is 11.8. The number of carbonyl (C=O) groups is 1. The number of ether oxygens (including phenoxy) is 1. The van der Waals surface area contributed by atoms with E-state index in [2.05, 4.69) is 15.3 Å². The Morgan fingerprint density at radius 1 is 1.38 bits per heavy atom. The molecule has 0 aliphatic rings. The van der Waals surface area contributed by atoms with Gasteiger partial charge in [-0.2, -0.15) is 4.98 Å². The highest BCUT2D eigenvalue weighted by atomic mass is 35.5. The highest BCUT2D eigenvalue weighted by Crippen LogP contribution is 2.14. The summed E-state index contributed by atoms with van der Waals surface area (Å²) in [5.41, 5.74) is 0. The zero-order chi connectivity index (χ0) is 15.1. The van der Waals surface area contributed by atoms with Gasteiger partial charge in [-0.3, -0.25) is 4.79 Å². The molecule has 21 heavy (non-hydrogen) atoms. The van der Waals surface area contributed by atoms with Crippen LogP contribution in [0.1, 0.15) is 19.8 Å². The Balaban J connectivity index is 1.96. The molecule has 1 N–H and O–H groups in total. The molecule has 2 rings (SSSR count). The van der Waals surface area contributed by atoms with E-state index in [4.69, 9.17) is 16.3 Å². The molecule has 0 saturated heterocycles. The standard InChI is InChI=1S/C14H17ClN4O2/c1-2-3-8-21-13(20)10-16-11-9-12(18-14(15)17-11)19-6-4-5-7-19/h4-7,9H,2-3,8,10H2,1H3,(H,16,17,18). The van der Waals surface area contributed by atoms with Crippen molar-refractivity contribution in [3.05, 3.63) is 35.9 Å². The Morgan fingerprint density at radius 3 is 2.86 bits per heavy atom. The van der Waals surface area contributed by atoms with Gasteiger partial charge in [0.15, 0.2) is 0 Å². The quantitative estimate of drug-likeness (QED) is 0.484. The van der Waals surface area contributed by atoms with Crippen molar-refractivity contribution in [1.82, 2.24) is 14.5 Å². The van der Waals surface area contributed by atoms with Gasteiger partial charge in [0.2, 0.25) is 5.28 Å². The van der Waals surface area contributed by atoms with E-state index in [1.165, 1.54) is 0 Å². The molecule has 0 spiro atoms. The summed E-state index contributed by atoms with van der Waals surface area (Å²) in [4.78, 5) is 19.7. The molecule has 6 nitrogen and oxygen atoms in total. The summed E-state index contributed by atoms with van der Waals surface area (Å²) in [5.74, 6) is 0.786. The number of halogens is 1. The third-order valence-corrected chi connectivity index (χ3v) is 2.90. The molecule has 0 unspecified atom stereocenters. The minimum atomic E-state index is -0.319. The molecule has 0 atom stereocenters. The first-order chi connectivity index (χ1) is 10.2. The lowest BCUT2D eigenvalue weighted by Crippen LogP contribution is -2.18. The predicted octanol–water partition coefficient (Wildman–Crippen LogP) is 2.68. The van der Waals surface area contributed by atoms with Crippen LogP contribution in [0, 0.1) is 0 Å². The molecule has 0 saturated carbocycles.